The molecule has 1 aromatic carbocycles. The lowest BCUT2D eigenvalue weighted by Crippen LogP contribution is -2.15. The zero-order chi connectivity index (χ0) is 14.7. The Balaban J connectivity index is 2.37. The number of rotatable bonds is 4. The van der Waals surface area contributed by atoms with Gasteiger partial charge in [-0.1, -0.05) is 31.3 Å². The van der Waals surface area contributed by atoms with E-state index in [0.717, 1.165) is 17.7 Å². The zero-order valence-corrected chi connectivity index (χ0v) is 12.6. The van der Waals surface area contributed by atoms with Crippen molar-refractivity contribution in [1.29, 1.82) is 0 Å². The van der Waals surface area contributed by atoms with Crippen molar-refractivity contribution in [2.45, 2.75) is 27.2 Å². The Hall–Kier alpha value is -2.01. The van der Waals surface area contributed by atoms with Crippen LogP contribution < -0.4 is 10.5 Å². The highest BCUT2D eigenvalue weighted by Crippen LogP contribution is 2.26. The van der Waals surface area contributed by atoms with Crippen LogP contribution >= 0.6 is 12.2 Å². The summed E-state index contributed by atoms with van der Waals surface area (Å²) in [7, 11) is 0. The van der Waals surface area contributed by atoms with E-state index in [9.17, 15) is 0 Å². The molecule has 0 bridgehead atoms. The van der Waals surface area contributed by atoms with Crippen molar-refractivity contribution in [2.75, 3.05) is 0 Å². The van der Waals surface area contributed by atoms with Gasteiger partial charge in [0.1, 0.15) is 10.7 Å². The van der Waals surface area contributed by atoms with E-state index in [1.165, 1.54) is 5.56 Å². The summed E-state index contributed by atoms with van der Waals surface area (Å²) in [5, 5.41) is 8.12. The summed E-state index contributed by atoms with van der Waals surface area (Å²) in [6.45, 7) is 5.88. The van der Waals surface area contributed by atoms with Crippen LogP contribution in [-0.4, -0.2) is 15.2 Å². The van der Waals surface area contributed by atoms with Gasteiger partial charge in [0, 0.05) is 0 Å². The Morgan fingerprint density at radius 1 is 1.20 bits per heavy atom. The smallest absolute Gasteiger partial charge is 0.249 e. The number of nitrogens with two attached hydrogens (primary N) is 1. The van der Waals surface area contributed by atoms with Gasteiger partial charge >= 0.3 is 0 Å². The SMILES string of the molecule is CCc1ccc(Oc2nnc(C)c(C)c2C(N)=S)cc1. The van der Waals surface area contributed by atoms with Crippen molar-refractivity contribution in [3.8, 4) is 11.6 Å². The average molecular weight is 287 g/mol. The first-order valence-electron chi connectivity index (χ1n) is 6.43. The molecule has 1 heterocycles. The molecule has 20 heavy (non-hydrogen) atoms. The lowest BCUT2D eigenvalue weighted by molar-refractivity contribution is 0.452. The molecule has 0 unspecified atom stereocenters. The van der Waals surface area contributed by atoms with Crippen molar-refractivity contribution in [3.63, 3.8) is 0 Å². The van der Waals surface area contributed by atoms with Crippen LogP contribution in [0.15, 0.2) is 24.3 Å². The minimum absolute atomic E-state index is 0.265. The summed E-state index contributed by atoms with van der Waals surface area (Å²) in [6, 6.07) is 7.84. The third-order valence-electron chi connectivity index (χ3n) is 3.21. The molecule has 0 amide bonds. The number of ether oxygens (including phenoxy) is 1. The van der Waals surface area contributed by atoms with Crippen molar-refractivity contribution in [1.82, 2.24) is 10.2 Å². The zero-order valence-electron chi connectivity index (χ0n) is 11.8. The number of nitrogens with zero attached hydrogens (tertiary/aromatic N) is 2. The van der Waals surface area contributed by atoms with Crippen LogP contribution in [0, 0.1) is 13.8 Å². The number of benzene rings is 1. The maximum absolute atomic E-state index is 5.77. The fourth-order valence-electron chi connectivity index (χ4n) is 1.85. The molecular formula is C15H17N3OS. The summed E-state index contributed by atoms with van der Waals surface area (Å²) in [4.78, 5) is 0.265. The highest BCUT2D eigenvalue weighted by molar-refractivity contribution is 7.80. The van der Waals surface area contributed by atoms with Crippen LogP contribution in [0.25, 0.3) is 0 Å². The molecule has 0 spiro atoms. The molecule has 0 atom stereocenters. The van der Waals surface area contributed by atoms with Crippen LogP contribution in [0.2, 0.25) is 0 Å². The Labute approximate surface area is 124 Å². The van der Waals surface area contributed by atoms with Gasteiger partial charge < -0.3 is 10.5 Å². The summed E-state index contributed by atoms with van der Waals surface area (Å²) in [5.41, 5.74) is 9.35. The summed E-state index contributed by atoms with van der Waals surface area (Å²) in [5.74, 6) is 1.04. The summed E-state index contributed by atoms with van der Waals surface area (Å²) >= 11 is 5.08. The molecule has 1 aromatic heterocycles. The molecule has 0 aliphatic heterocycles. The minimum atomic E-state index is 0.265. The van der Waals surface area contributed by atoms with Gasteiger partial charge in [-0.2, -0.15) is 5.10 Å². The lowest BCUT2D eigenvalue weighted by atomic mass is 10.1. The summed E-state index contributed by atoms with van der Waals surface area (Å²) in [6.07, 6.45) is 0.988. The molecule has 104 valence electrons. The second-order valence-corrected chi connectivity index (χ2v) is 4.99. The van der Waals surface area contributed by atoms with Gasteiger partial charge in [0.05, 0.1) is 11.3 Å². The fraction of sp³-hybridized carbons (Fsp3) is 0.267. The Morgan fingerprint density at radius 2 is 1.85 bits per heavy atom. The number of hydrogen-bond acceptors (Lipinski definition) is 4. The average Bonchev–Trinajstić information content (AvgIpc) is 2.43. The molecule has 0 aliphatic rings. The van der Waals surface area contributed by atoms with Gasteiger partial charge in [-0.25, -0.2) is 0 Å². The monoisotopic (exact) mass is 287 g/mol. The molecule has 2 aromatic rings. The first-order valence-corrected chi connectivity index (χ1v) is 6.84. The third kappa shape index (κ3) is 2.93. The number of hydrogen-bond donors (Lipinski definition) is 1. The van der Waals surface area contributed by atoms with Gasteiger partial charge in [0.25, 0.3) is 0 Å². The normalized spacial score (nSPS) is 10.3. The summed E-state index contributed by atoms with van der Waals surface area (Å²) < 4.78 is 5.77. The minimum Gasteiger partial charge on any atom is -0.437 e. The molecule has 4 nitrogen and oxygen atoms in total. The highest BCUT2D eigenvalue weighted by Gasteiger charge is 2.15. The van der Waals surface area contributed by atoms with Crippen LogP contribution in [0.5, 0.6) is 11.6 Å². The Kier molecular flexibility index (Phi) is 4.29. The van der Waals surface area contributed by atoms with E-state index in [2.05, 4.69) is 17.1 Å². The van der Waals surface area contributed by atoms with E-state index in [0.29, 0.717) is 17.2 Å². The second-order valence-electron chi connectivity index (χ2n) is 4.55. The van der Waals surface area contributed by atoms with Gasteiger partial charge in [-0.05, 0) is 43.5 Å². The van der Waals surface area contributed by atoms with Crippen molar-refractivity contribution < 1.29 is 4.74 Å². The highest BCUT2D eigenvalue weighted by atomic mass is 32.1. The van der Waals surface area contributed by atoms with Crippen LogP contribution in [0.3, 0.4) is 0 Å². The van der Waals surface area contributed by atoms with Crippen LogP contribution in [0.1, 0.15) is 29.3 Å². The predicted octanol–water partition coefficient (Wildman–Crippen LogP) is 3.08. The van der Waals surface area contributed by atoms with Gasteiger partial charge in [0.2, 0.25) is 5.88 Å². The standard InChI is InChI=1S/C15H17N3OS/c1-4-11-5-7-12(8-6-11)19-15-13(14(16)20)9(2)10(3)17-18-15/h5-8H,4H2,1-3H3,(H2,16,20). The number of thiocarbonyl (C=S) groups is 1. The molecule has 0 fully saturated rings. The largest absolute Gasteiger partial charge is 0.437 e. The van der Waals surface area contributed by atoms with E-state index in [1.54, 1.807) is 0 Å². The van der Waals surface area contributed by atoms with E-state index in [4.69, 9.17) is 22.7 Å². The molecular weight excluding hydrogens is 270 g/mol. The van der Waals surface area contributed by atoms with Crippen molar-refractivity contribution in [3.05, 3.63) is 46.6 Å². The first-order chi connectivity index (χ1) is 9.52. The molecule has 0 radical (unpaired) electrons. The Morgan fingerprint density at radius 3 is 2.40 bits per heavy atom. The van der Waals surface area contributed by atoms with Crippen molar-refractivity contribution >= 4 is 17.2 Å². The molecule has 0 aliphatic carbocycles. The number of aromatic nitrogens is 2. The van der Waals surface area contributed by atoms with E-state index in [-0.39, 0.29) is 4.99 Å². The van der Waals surface area contributed by atoms with Crippen molar-refractivity contribution in [2.24, 2.45) is 5.73 Å². The van der Waals surface area contributed by atoms with E-state index >= 15 is 0 Å². The maximum Gasteiger partial charge on any atom is 0.249 e. The van der Waals surface area contributed by atoms with E-state index in [1.807, 2.05) is 38.1 Å². The number of aryl methyl sites for hydroxylation is 2. The quantitative estimate of drug-likeness (QED) is 0.876. The van der Waals surface area contributed by atoms with Crippen LogP contribution in [0.4, 0.5) is 0 Å². The molecule has 0 saturated carbocycles. The van der Waals surface area contributed by atoms with Gasteiger partial charge in [-0.15, -0.1) is 5.10 Å². The second kappa shape index (κ2) is 5.96. The molecule has 2 N–H and O–H groups in total. The fourth-order valence-corrected chi connectivity index (χ4v) is 2.09. The molecule has 0 saturated heterocycles. The molecule has 5 heteroatoms. The third-order valence-corrected chi connectivity index (χ3v) is 3.42. The molecule has 2 rings (SSSR count). The maximum atomic E-state index is 5.77. The van der Waals surface area contributed by atoms with E-state index < -0.39 is 0 Å². The predicted molar refractivity (Wildman–Crippen MR) is 83.3 cm³/mol. The topological polar surface area (TPSA) is 61.0 Å². The lowest BCUT2D eigenvalue weighted by Gasteiger charge is -2.12. The van der Waals surface area contributed by atoms with Gasteiger partial charge in [0.15, 0.2) is 0 Å². The van der Waals surface area contributed by atoms with Crippen LogP contribution in [-0.2, 0) is 6.42 Å². The first kappa shape index (κ1) is 14.4. The van der Waals surface area contributed by atoms with Gasteiger partial charge in [-0.3, -0.25) is 0 Å². The Bertz CT molecular complexity index is 638.